The highest BCUT2D eigenvalue weighted by atomic mass is 15.2. The third kappa shape index (κ3) is 3.82. The second-order valence-corrected chi connectivity index (χ2v) is 5.94. The number of imidazole rings is 1. The van der Waals surface area contributed by atoms with E-state index in [0.717, 1.165) is 24.7 Å². The molecule has 0 amide bonds. The number of aryl methyl sites for hydroxylation is 1. The van der Waals surface area contributed by atoms with E-state index in [1.54, 1.807) is 0 Å². The zero-order valence-corrected chi connectivity index (χ0v) is 12.5. The molecule has 1 aromatic rings. The van der Waals surface area contributed by atoms with E-state index in [2.05, 4.69) is 42.3 Å². The van der Waals surface area contributed by atoms with Gasteiger partial charge in [0.25, 0.3) is 0 Å². The van der Waals surface area contributed by atoms with Crippen LogP contribution in [0.2, 0.25) is 0 Å². The van der Waals surface area contributed by atoms with Gasteiger partial charge < -0.3 is 10.3 Å². The molecule has 4 heteroatoms. The van der Waals surface area contributed by atoms with Crippen LogP contribution in [-0.4, -0.2) is 33.6 Å². The van der Waals surface area contributed by atoms with Gasteiger partial charge in [0.05, 0.1) is 6.54 Å². The smallest absolute Gasteiger partial charge is 0.122 e. The molecule has 0 radical (unpaired) electrons. The van der Waals surface area contributed by atoms with E-state index in [1.165, 1.54) is 6.42 Å². The molecule has 0 aliphatic rings. The first kappa shape index (κ1) is 15.2. The normalized spacial score (nSPS) is 15.3. The maximum absolute atomic E-state index is 5.99. The van der Waals surface area contributed by atoms with Crippen LogP contribution in [0.4, 0.5) is 0 Å². The van der Waals surface area contributed by atoms with Crippen LogP contribution in [0.3, 0.4) is 0 Å². The van der Waals surface area contributed by atoms with Crippen LogP contribution in [0.15, 0.2) is 12.4 Å². The van der Waals surface area contributed by atoms with E-state index in [-0.39, 0.29) is 5.54 Å². The van der Waals surface area contributed by atoms with Crippen molar-refractivity contribution in [2.75, 3.05) is 13.6 Å². The molecule has 4 nitrogen and oxygen atoms in total. The Morgan fingerprint density at radius 2 is 2.17 bits per heavy atom. The highest BCUT2D eigenvalue weighted by Gasteiger charge is 2.28. The summed E-state index contributed by atoms with van der Waals surface area (Å²) < 4.78 is 2.07. The summed E-state index contributed by atoms with van der Waals surface area (Å²) in [7, 11) is 4.17. The summed E-state index contributed by atoms with van der Waals surface area (Å²) in [6.45, 7) is 8.29. The van der Waals surface area contributed by atoms with Crippen molar-refractivity contribution in [2.24, 2.45) is 18.7 Å². The monoisotopic (exact) mass is 252 g/mol. The summed E-state index contributed by atoms with van der Waals surface area (Å²) in [5.74, 6) is 1.80. The van der Waals surface area contributed by atoms with Crippen molar-refractivity contribution in [3.8, 4) is 0 Å². The standard InChI is InChI=1S/C14H28N4/c1-12(2)6-7-14(3,11-15)18(5)10-13-16-8-9-17(13)4/h8-9,12H,6-7,10-11,15H2,1-5H3. The summed E-state index contributed by atoms with van der Waals surface area (Å²) in [5, 5.41) is 0. The predicted octanol–water partition coefficient (Wildman–Crippen LogP) is 2.01. The third-order valence-corrected chi connectivity index (χ3v) is 3.92. The lowest BCUT2D eigenvalue weighted by Gasteiger charge is -2.38. The molecule has 1 aromatic heterocycles. The minimum atomic E-state index is 0.0518. The molecule has 0 spiro atoms. The summed E-state index contributed by atoms with van der Waals surface area (Å²) in [5.41, 5.74) is 6.04. The van der Waals surface area contributed by atoms with Crippen LogP contribution in [0.1, 0.15) is 39.4 Å². The molecule has 0 aromatic carbocycles. The molecule has 0 saturated carbocycles. The molecule has 104 valence electrons. The molecule has 18 heavy (non-hydrogen) atoms. The molecule has 1 rings (SSSR count). The Bertz CT molecular complexity index is 358. The van der Waals surface area contributed by atoms with Gasteiger partial charge in [-0.3, -0.25) is 4.90 Å². The number of aromatic nitrogens is 2. The van der Waals surface area contributed by atoms with E-state index in [9.17, 15) is 0 Å². The Labute approximate surface area is 111 Å². The minimum absolute atomic E-state index is 0.0518. The highest BCUT2D eigenvalue weighted by Crippen LogP contribution is 2.22. The van der Waals surface area contributed by atoms with Crippen LogP contribution in [0.5, 0.6) is 0 Å². The topological polar surface area (TPSA) is 47.1 Å². The minimum Gasteiger partial charge on any atom is -0.337 e. The van der Waals surface area contributed by atoms with Crippen molar-refractivity contribution in [1.82, 2.24) is 14.5 Å². The van der Waals surface area contributed by atoms with Crippen molar-refractivity contribution in [2.45, 2.75) is 45.7 Å². The number of likely N-dealkylation sites (N-methyl/N-ethyl adjacent to an activating group) is 1. The van der Waals surface area contributed by atoms with Crippen LogP contribution in [0, 0.1) is 5.92 Å². The lowest BCUT2D eigenvalue weighted by molar-refractivity contribution is 0.115. The number of hydrogen-bond acceptors (Lipinski definition) is 3. The van der Waals surface area contributed by atoms with Gasteiger partial charge in [0.2, 0.25) is 0 Å². The maximum atomic E-state index is 5.99. The third-order valence-electron chi connectivity index (χ3n) is 3.92. The summed E-state index contributed by atoms with van der Waals surface area (Å²) in [6.07, 6.45) is 6.16. The fourth-order valence-corrected chi connectivity index (χ4v) is 2.00. The average molecular weight is 252 g/mol. The Hall–Kier alpha value is -0.870. The molecule has 1 unspecified atom stereocenters. The number of nitrogens with two attached hydrogens (primary N) is 1. The average Bonchev–Trinajstić information content (AvgIpc) is 2.72. The second-order valence-electron chi connectivity index (χ2n) is 5.94. The van der Waals surface area contributed by atoms with Gasteiger partial charge >= 0.3 is 0 Å². The SMILES string of the molecule is CC(C)CCC(C)(CN)N(C)Cc1nccn1C. The maximum Gasteiger partial charge on any atom is 0.122 e. The molecule has 1 atom stereocenters. The van der Waals surface area contributed by atoms with Gasteiger partial charge in [0.15, 0.2) is 0 Å². The number of rotatable bonds is 7. The fraction of sp³-hybridized carbons (Fsp3) is 0.786. The zero-order chi connectivity index (χ0) is 13.8. The summed E-state index contributed by atoms with van der Waals surface area (Å²) in [4.78, 5) is 6.71. The van der Waals surface area contributed by atoms with Crippen molar-refractivity contribution >= 4 is 0 Å². The molecule has 0 aliphatic carbocycles. The summed E-state index contributed by atoms with van der Waals surface area (Å²) >= 11 is 0. The molecular weight excluding hydrogens is 224 g/mol. The fourth-order valence-electron chi connectivity index (χ4n) is 2.00. The van der Waals surface area contributed by atoms with Crippen LogP contribution in [-0.2, 0) is 13.6 Å². The van der Waals surface area contributed by atoms with Crippen molar-refractivity contribution < 1.29 is 0 Å². The summed E-state index contributed by atoms with van der Waals surface area (Å²) in [6, 6.07) is 0. The molecule has 0 fully saturated rings. The Kier molecular flexibility index (Phi) is 5.35. The first-order valence-electron chi connectivity index (χ1n) is 6.76. The van der Waals surface area contributed by atoms with Crippen LogP contribution >= 0.6 is 0 Å². The number of hydrogen-bond donors (Lipinski definition) is 1. The van der Waals surface area contributed by atoms with Crippen molar-refractivity contribution in [3.63, 3.8) is 0 Å². The molecule has 0 saturated heterocycles. The zero-order valence-electron chi connectivity index (χ0n) is 12.5. The van der Waals surface area contributed by atoms with E-state index in [4.69, 9.17) is 5.73 Å². The Balaban J connectivity index is 2.66. The van der Waals surface area contributed by atoms with Gasteiger partial charge in [-0.1, -0.05) is 13.8 Å². The van der Waals surface area contributed by atoms with Gasteiger partial charge in [0.1, 0.15) is 5.82 Å². The predicted molar refractivity (Wildman–Crippen MR) is 76.2 cm³/mol. The Morgan fingerprint density at radius 3 is 2.61 bits per heavy atom. The lowest BCUT2D eigenvalue weighted by Crippen LogP contribution is -2.49. The van der Waals surface area contributed by atoms with E-state index >= 15 is 0 Å². The number of nitrogens with zero attached hydrogens (tertiary/aromatic N) is 3. The van der Waals surface area contributed by atoms with E-state index in [1.807, 2.05) is 19.4 Å². The van der Waals surface area contributed by atoms with Crippen molar-refractivity contribution in [3.05, 3.63) is 18.2 Å². The van der Waals surface area contributed by atoms with Gasteiger partial charge in [0, 0.05) is 31.5 Å². The van der Waals surface area contributed by atoms with Crippen LogP contribution in [0.25, 0.3) is 0 Å². The first-order chi connectivity index (χ1) is 8.39. The quantitative estimate of drug-likeness (QED) is 0.807. The van der Waals surface area contributed by atoms with E-state index < -0.39 is 0 Å². The molecule has 2 N–H and O–H groups in total. The molecule has 0 bridgehead atoms. The largest absolute Gasteiger partial charge is 0.337 e. The molecule has 1 heterocycles. The molecular formula is C14H28N4. The first-order valence-corrected chi connectivity index (χ1v) is 6.76. The lowest BCUT2D eigenvalue weighted by atomic mass is 9.90. The second kappa shape index (κ2) is 6.34. The van der Waals surface area contributed by atoms with Gasteiger partial charge in [-0.25, -0.2) is 4.98 Å². The van der Waals surface area contributed by atoms with Gasteiger partial charge in [-0.2, -0.15) is 0 Å². The molecule has 0 aliphatic heterocycles. The van der Waals surface area contributed by atoms with Crippen molar-refractivity contribution in [1.29, 1.82) is 0 Å². The van der Waals surface area contributed by atoms with E-state index in [0.29, 0.717) is 6.54 Å². The highest BCUT2D eigenvalue weighted by molar-refractivity contribution is 4.94. The van der Waals surface area contributed by atoms with Crippen LogP contribution < -0.4 is 5.73 Å². The van der Waals surface area contributed by atoms with Gasteiger partial charge in [-0.05, 0) is 32.7 Å². The van der Waals surface area contributed by atoms with Gasteiger partial charge in [-0.15, -0.1) is 0 Å². The Morgan fingerprint density at radius 1 is 1.50 bits per heavy atom.